The lowest BCUT2D eigenvalue weighted by Crippen LogP contribution is -2.44. The summed E-state index contributed by atoms with van der Waals surface area (Å²) in [6.07, 6.45) is 4.42. The van der Waals surface area contributed by atoms with Crippen LogP contribution in [0.25, 0.3) is 10.4 Å². The fraction of sp³-hybridized carbons (Fsp3) is 0.750. The van der Waals surface area contributed by atoms with Crippen molar-refractivity contribution in [2.45, 2.75) is 82.5 Å². The maximum atomic E-state index is 12.4. The van der Waals surface area contributed by atoms with E-state index in [1.54, 1.807) is 0 Å². The van der Waals surface area contributed by atoms with E-state index in [-0.39, 0.29) is 12.4 Å². The Bertz CT molecular complexity index is 875. The zero-order chi connectivity index (χ0) is 24.3. The maximum Gasteiger partial charge on any atom is 0.412 e. The molecule has 1 aliphatic heterocycles. The van der Waals surface area contributed by atoms with E-state index < -0.39 is 42.6 Å². The minimum Gasteiger partial charge on any atom is -0.449 e. The molecule has 0 unspecified atom stereocenters. The number of nitrogens with zero attached hydrogens (tertiary/aromatic N) is 5. The number of rotatable bonds is 13. The third-order valence-electron chi connectivity index (χ3n) is 5.41. The number of azide groups is 1. The van der Waals surface area contributed by atoms with Crippen molar-refractivity contribution in [3.8, 4) is 0 Å². The van der Waals surface area contributed by atoms with Crippen LogP contribution in [-0.2, 0) is 9.47 Å². The van der Waals surface area contributed by atoms with Gasteiger partial charge in [-0.05, 0) is 18.0 Å². The van der Waals surface area contributed by atoms with Gasteiger partial charge >= 0.3 is 11.8 Å². The summed E-state index contributed by atoms with van der Waals surface area (Å²) in [4.78, 5) is 30.5. The molecule has 33 heavy (non-hydrogen) atoms. The molecule has 1 aliphatic rings. The van der Waals surface area contributed by atoms with E-state index >= 15 is 0 Å². The van der Waals surface area contributed by atoms with E-state index in [9.17, 15) is 24.9 Å². The molecule has 2 heterocycles. The Morgan fingerprint density at radius 2 is 1.97 bits per heavy atom. The van der Waals surface area contributed by atoms with E-state index in [1.807, 2.05) is 0 Å². The van der Waals surface area contributed by atoms with Crippen LogP contribution < -0.4 is 11.0 Å². The summed E-state index contributed by atoms with van der Waals surface area (Å²) in [6.45, 7) is 1.51. The first-order valence-electron chi connectivity index (χ1n) is 11.1. The molecular formula is C20H32N6O7. The van der Waals surface area contributed by atoms with Crippen molar-refractivity contribution in [1.82, 2.24) is 9.55 Å². The molecule has 1 aromatic rings. The fourth-order valence-corrected chi connectivity index (χ4v) is 3.53. The van der Waals surface area contributed by atoms with Crippen LogP contribution in [0.3, 0.4) is 0 Å². The minimum atomic E-state index is -2.14. The summed E-state index contributed by atoms with van der Waals surface area (Å²) < 4.78 is 11.2. The lowest BCUT2D eigenvalue weighted by atomic mass is 10.1. The van der Waals surface area contributed by atoms with Crippen LogP contribution >= 0.6 is 0 Å². The summed E-state index contributed by atoms with van der Waals surface area (Å²) in [5.74, 6) is -0.0753. The van der Waals surface area contributed by atoms with E-state index in [4.69, 9.17) is 15.0 Å². The number of aliphatic hydroxyl groups excluding tert-OH is 3. The average molecular weight is 469 g/mol. The Hall–Kier alpha value is -2.70. The smallest absolute Gasteiger partial charge is 0.412 e. The third kappa shape index (κ3) is 7.14. The van der Waals surface area contributed by atoms with Gasteiger partial charge in [0.25, 0.3) is 0 Å². The number of unbranched alkanes of at least 4 members (excludes halogenated alkanes) is 7. The molecule has 1 fully saturated rings. The van der Waals surface area contributed by atoms with Gasteiger partial charge in [-0.15, -0.1) is 0 Å². The Morgan fingerprint density at radius 1 is 1.30 bits per heavy atom. The molecule has 1 saturated heterocycles. The molecule has 4 N–H and O–H groups in total. The highest BCUT2D eigenvalue weighted by atomic mass is 16.6. The van der Waals surface area contributed by atoms with Crippen molar-refractivity contribution in [3.05, 3.63) is 33.2 Å². The highest BCUT2D eigenvalue weighted by Gasteiger charge is 2.54. The van der Waals surface area contributed by atoms with Gasteiger partial charge in [0.1, 0.15) is 18.0 Å². The molecule has 1 aromatic heterocycles. The lowest BCUT2D eigenvalue weighted by Gasteiger charge is -2.23. The van der Waals surface area contributed by atoms with Crippen LogP contribution in [0.1, 0.15) is 64.5 Å². The molecule has 2 rings (SSSR count). The molecule has 184 valence electrons. The minimum absolute atomic E-state index is 0.0753. The Kier molecular flexibility index (Phi) is 10.6. The van der Waals surface area contributed by atoms with Gasteiger partial charge < -0.3 is 24.8 Å². The highest BCUT2D eigenvalue weighted by Crippen LogP contribution is 2.37. The predicted molar refractivity (Wildman–Crippen MR) is 117 cm³/mol. The van der Waals surface area contributed by atoms with Crippen molar-refractivity contribution < 1.29 is 29.6 Å². The molecule has 0 aliphatic carbocycles. The first kappa shape index (κ1) is 26.6. The zero-order valence-corrected chi connectivity index (χ0v) is 18.7. The molecule has 0 spiro atoms. The monoisotopic (exact) mass is 468 g/mol. The van der Waals surface area contributed by atoms with Gasteiger partial charge in [0.2, 0.25) is 5.72 Å². The summed E-state index contributed by atoms with van der Waals surface area (Å²) >= 11 is 0. The molecular weight excluding hydrogens is 436 g/mol. The number of aliphatic hydroxyl groups is 3. The number of ether oxygens (including phenoxy) is 2. The molecule has 0 radical (unpaired) electrons. The number of hydrogen-bond acceptors (Lipinski definition) is 9. The van der Waals surface area contributed by atoms with E-state index in [0.717, 1.165) is 23.8 Å². The lowest BCUT2D eigenvalue weighted by molar-refractivity contribution is -0.125. The number of aromatic nitrogens is 2. The van der Waals surface area contributed by atoms with E-state index in [0.29, 0.717) is 0 Å². The van der Waals surface area contributed by atoms with E-state index in [1.165, 1.54) is 44.4 Å². The summed E-state index contributed by atoms with van der Waals surface area (Å²) in [6, 6.07) is 1.27. The summed E-state index contributed by atoms with van der Waals surface area (Å²) in [5.41, 5.74) is 5.58. The molecule has 13 heteroatoms. The predicted octanol–water partition coefficient (Wildman–Crippen LogP) is 2.18. The van der Waals surface area contributed by atoms with Gasteiger partial charge in [-0.2, -0.15) is 4.98 Å². The molecule has 13 nitrogen and oxygen atoms in total. The van der Waals surface area contributed by atoms with Crippen LogP contribution in [0, 0.1) is 0 Å². The van der Waals surface area contributed by atoms with Crippen LogP contribution in [0.5, 0.6) is 0 Å². The first-order chi connectivity index (χ1) is 15.9. The number of amides is 1. The second-order valence-corrected chi connectivity index (χ2v) is 7.87. The summed E-state index contributed by atoms with van der Waals surface area (Å²) in [7, 11) is 0. The number of carbonyl (C=O) groups is 1. The largest absolute Gasteiger partial charge is 0.449 e. The van der Waals surface area contributed by atoms with Crippen LogP contribution in [-0.4, -0.2) is 62.1 Å². The molecule has 0 saturated carbocycles. The molecule has 0 bridgehead atoms. The number of hydrogen-bond donors (Lipinski definition) is 4. The van der Waals surface area contributed by atoms with Crippen molar-refractivity contribution >= 4 is 11.9 Å². The standard InChI is InChI=1S/C20H32N6O7/c1-2-3-4-5-6-7-8-9-12-32-19(31)23-14-10-11-26(18(30)22-14)17-15(28)16(29)20(13-27,33-17)24-25-21/h10-11,15-17,27-29H,2-9,12-13H2,1H3,(H,22,23,30,31)/t15-,16-,17+,20+/m0/s1. The number of carbonyl (C=O) groups excluding carboxylic acids is 1. The van der Waals surface area contributed by atoms with Gasteiger partial charge in [0.05, 0.1) is 13.2 Å². The van der Waals surface area contributed by atoms with Crippen LogP contribution in [0.4, 0.5) is 10.6 Å². The second kappa shape index (κ2) is 13.1. The molecule has 4 atom stereocenters. The number of nitrogens with one attached hydrogen (secondary N) is 1. The average Bonchev–Trinajstić information content (AvgIpc) is 3.04. The Balaban J connectivity index is 1.84. The Labute approximate surface area is 191 Å². The zero-order valence-electron chi connectivity index (χ0n) is 18.7. The third-order valence-corrected chi connectivity index (χ3v) is 5.41. The van der Waals surface area contributed by atoms with Gasteiger partial charge in [-0.1, -0.05) is 57.0 Å². The van der Waals surface area contributed by atoms with Gasteiger partial charge in [0, 0.05) is 11.1 Å². The van der Waals surface area contributed by atoms with Crippen LogP contribution in [0.2, 0.25) is 0 Å². The number of anilines is 1. The molecule has 0 aromatic carbocycles. The van der Waals surface area contributed by atoms with Gasteiger partial charge in [0.15, 0.2) is 6.23 Å². The normalized spacial score (nSPS) is 24.3. The second-order valence-electron chi connectivity index (χ2n) is 7.87. The van der Waals surface area contributed by atoms with Crippen LogP contribution in [0.15, 0.2) is 22.2 Å². The molecule has 1 amide bonds. The fourth-order valence-electron chi connectivity index (χ4n) is 3.53. The van der Waals surface area contributed by atoms with Crippen molar-refractivity contribution in [1.29, 1.82) is 0 Å². The topological polar surface area (TPSA) is 192 Å². The van der Waals surface area contributed by atoms with Crippen molar-refractivity contribution in [2.75, 3.05) is 18.5 Å². The summed E-state index contributed by atoms with van der Waals surface area (Å²) in [5, 5.41) is 35.3. The van der Waals surface area contributed by atoms with Gasteiger partial charge in [-0.25, -0.2) is 9.59 Å². The van der Waals surface area contributed by atoms with Gasteiger partial charge in [-0.3, -0.25) is 9.88 Å². The van der Waals surface area contributed by atoms with Crippen molar-refractivity contribution in [2.24, 2.45) is 5.11 Å². The maximum absolute atomic E-state index is 12.4. The van der Waals surface area contributed by atoms with E-state index in [2.05, 4.69) is 27.3 Å². The highest BCUT2D eigenvalue weighted by molar-refractivity contribution is 5.83. The quantitative estimate of drug-likeness (QED) is 0.146. The SMILES string of the molecule is CCCCCCCCCCOC(=O)Nc1ccn([C@@H]2O[C@@](CO)(N=[N+]=[N-])[C@@H](O)[C@@H]2O)c(=O)n1. The first-order valence-corrected chi connectivity index (χ1v) is 11.1. The van der Waals surface area contributed by atoms with Crippen molar-refractivity contribution in [3.63, 3.8) is 0 Å². The Morgan fingerprint density at radius 3 is 2.58 bits per heavy atom.